The highest BCUT2D eigenvalue weighted by molar-refractivity contribution is 5.81. The van der Waals surface area contributed by atoms with Crippen LogP contribution in [0.3, 0.4) is 0 Å². The fraction of sp³-hybridized carbons (Fsp3) is 0.588. The van der Waals surface area contributed by atoms with E-state index in [0.29, 0.717) is 19.1 Å². The van der Waals surface area contributed by atoms with Gasteiger partial charge in [0.2, 0.25) is 5.91 Å². The summed E-state index contributed by atoms with van der Waals surface area (Å²) in [6, 6.07) is 6.87. The molecule has 0 aliphatic heterocycles. The molecular formula is C17H29N3O. The van der Waals surface area contributed by atoms with E-state index in [1.165, 1.54) is 11.1 Å². The number of nitrogens with one attached hydrogen (secondary N) is 2. The molecule has 0 atom stereocenters. The largest absolute Gasteiger partial charge is 0.362 e. The van der Waals surface area contributed by atoms with E-state index in [1.807, 2.05) is 6.92 Å². The van der Waals surface area contributed by atoms with Crippen LogP contribution in [0.25, 0.3) is 0 Å². The maximum absolute atomic E-state index is 11.9. The van der Waals surface area contributed by atoms with Gasteiger partial charge in [-0.2, -0.15) is 0 Å². The molecular weight excluding hydrogens is 262 g/mol. The molecule has 0 unspecified atom stereocenters. The fourth-order valence-corrected chi connectivity index (χ4v) is 2.27. The summed E-state index contributed by atoms with van der Waals surface area (Å²) < 4.78 is 0. The van der Waals surface area contributed by atoms with Gasteiger partial charge in [0.05, 0.1) is 6.54 Å². The monoisotopic (exact) mass is 291 g/mol. The standard InChI is InChI=1S/C17H29N3O/c1-6-18-17(21)12-20(7-2)16-9-8-14(5)10-15(16)11-19-13(3)4/h8-10,13,19H,6-7,11-12H2,1-5H3,(H,18,21). The molecule has 0 aromatic heterocycles. The maximum Gasteiger partial charge on any atom is 0.239 e. The zero-order valence-electron chi connectivity index (χ0n) is 14.0. The number of likely N-dealkylation sites (N-methyl/N-ethyl adjacent to an activating group) is 2. The van der Waals surface area contributed by atoms with E-state index >= 15 is 0 Å². The molecule has 2 N–H and O–H groups in total. The van der Waals surface area contributed by atoms with Gasteiger partial charge >= 0.3 is 0 Å². The number of amides is 1. The molecule has 0 fully saturated rings. The Morgan fingerprint density at radius 3 is 2.57 bits per heavy atom. The molecule has 1 amide bonds. The number of carbonyl (C=O) groups excluding carboxylic acids is 1. The van der Waals surface area contributed by atoms with Gasteiger partial charge in [-0.25, -0.2) is 0 Å². The minimum atomic E-state index is 0.0719. The SMILES string of the molecule is CCNC(=O)CN(CC)c1ccc(C)cc1CNC(C)C. The third-order valence-corrected chi connectivity index (χ3v) is 3.37. The molecule has 1 aromatic rings. The Morgan fingerprint density at radius 1 is 1.29 bits per heavy atom. The summed E-state index contributed by atoms with van der Waals surface area (Å²) >= 11 is 0. The molecule has 4 heteroatoms. The highest BCUT2D eigenvalue weighted by Gasteiger charge is 2.13. The maximum atomic E-state index is 11.9. The molecule has 0 saturated carbocycles. The number of nitrogens with zero attached hydrogens (tertiary/aromatic N) is 1. The van der Waals surface area contributed by atoms with Crippen LogP contribution in [0.4, 0.5) is 5.69 Å². The molecule has 0 spiro atoms. The second-order valence-corrected chi connectivity index (χ2v) is 5.64. The fourth-order valence-electron chi connectivity index (χ4n) is 2.27. The van der Waals surface area contributed by atoms with Crippen LogP contribution in [0.1, 0.15) is 38.8 Å². The van der Waals surface area contributed by atoms with Crippen LogP contribution in [0, 0.1) is 6.92 Å². The van der Waals surface area contributed by atoms with Crippen LogP contribution < -0.4 is 15.5 Å². The lowest BCUT2D eigenvalue weighted by atomic mass is 10.1. The van der Waals surface area contributed by atoms with Gasteiger partial charge in [0.15, 0.2) is 0 Å². The topological polar surface area (TPSA) is 44.4 Å². The summed E-state index contributed by atoms with van der Waals surface area (Å²) in [5.41, 5.74) is 3.63. The summed E-state index contributed by atoms with van der Waals surface area (Å²) in [6.45, 7) is 13.1. The van der Waals surface area contributed by atoms with Crippen LogP contribution in [0.2, 0.25) is 0 Å². The molecule has 0 bridgehead atoms. The summed E-state index contributed by atoms with van der Waals surface area (Å²) in [5.74, 6) is 0.0719. The first-order chi connectivity index (χ1) is 9.97. The molecule has 21 heavy (non-hydrogen) atoms. The first-order valence-corrected chi connectivity index (χ1v) is 7.82. The van der Waals surface area contributed by atoms with Crippen molar-refractivity contribution in [1.82, 2.24) is 10.6 Å². The number of carbonyl (C=O) groups is 1. The summed E-state index contributed by atoms with van der Waals surface area (Å²) in [6.07, 6.45) is 0. The predicted molar refractivity (Wildman–Crippen MR) is 89.7 cm³/mol. The van der Waals surface area contributed by atoms with E-state index < -0.39 is 0 Å². The summed E-state index contributed by atoms with van der Waals surface area (Å²) in [7, 11) is 0. The molecule has 0 heterocycles. The van der Waals surface area contributed by atoms with Crippen molar-refractivity contribution in [1.29, 1.82) is 0 Å². The molecule has 118 valence electrons. The van der Waals surface area contributed by atoms with Gasteiger partial charge in [0.25, 0.3) is 0 Å². The summed E-state index contributed by atoms with van der Waals surface area (Å²) in [4.78, 5) is 14.0. The van der Waals surface area contributed by atoms with Gasteiger partial charge in [-0.3, -0.25) is 4.79 Å². The Morgan fingerprint density at radius 2 is 2.00 bits per heavy atom. The molecule has 0 aliphatic rings. The van der Waals surface area contributed by atoms with E-state index in [0.717, 1.165) is 18.8 Å². The normalized spacial score (nSPS) is 10.8. The zero-order valence-corrected chi connectivity index (χ0v) is 14.0. The Balaban J connectivity index is 2.93. The van der Waals surface area contributed by atoms with Crippen molar-refractivity contribution in [2.45, 2.75) is 47.2 Å². The molecule has 0 aliphatic carbocycles. The number of benzene rings is 1. The lowest BCUT2D eigenvalue weighted by Gasteiger charge is -2.26. The number of hydrogen-bond donors (Lipinski definition) is 2. The second-order valence-electron chi connectivity index (χ2n) is 5.64. The van der Waals surface area contributed by atoms with E-state index in [4.69, 9.17) is 0 Å². The van der Waals surface area contributed by atoms with Crippen molar-refractivity contribution in [3.8, 4) is 0 Å². The van der Waals surface area contributed by atoms with Crippen LogP contribution in [-0.4, -0.2) is 31.6 Å². The van der Waals surface area contributed by atoms with Gasteiger partial charge in [-0.05, 0) is 32.4 Å². The minimum Gasteiger partial charge on any atom is -0.362 e. The first kappa shape index (κ1) is 17.5. The number of aryl methyl sites for hydroxylation is 1. The van der Waals surface area contributed by atoms with Crippen molar-refractivity contribution in [2.24, 2.45) is 0 Å². The van der Waals surface area contributed by atoms with E-state index in [-0.39, 0.29) is 5.91 Å². The Bertz CT molecular complexity index is 457. The molecule has 1 rings (SSSR count). The van der Waals surface area contributed by atoms with Crippen LogP contribution in [-0.2, 0) is 11.3 Å². The van der Waals surface area contributed by atoms with Gasteiger partial charge in [-0.1, -0.05) is 31.5 Å². The number of hydrogen-bond acceptors (Lipinski definition) is 3. The number of rotatable bonds is 8. The van der Waals surface area contributed by atoms with Gasteiger partial charge < -0.3 is 15.5 Å². The van der Waals surface area contributed by atoms with Crippen molar-refractivity contribution in [2.75, 3.05) is 24.5 Å². The molecule has 0 saturated heterocycles. The Labute approximate surface area is 128 Å². The highest BCUT2D eigenvalue weighted by Crippen LogP contribution is 2.22. The minimum absolute atomic E-state index is 0.0719. The number of anilines is 1. The third kappa shape index (κ3) is 5.76. The van der Waals surface area contributed by atoms with Crippen LogP contribution >= 0.6 is 0 Å². The molecule has 0 radical (unpaired) electrons. The third-order valence-electron chi connectivity index (χ3n) is 3.37. The van der Waals surface area contributed by atoms with Crippen molar-refractivity contribution in [3.05, 3.63) is 29.3 Å². The van der Waals surface area contributed by atoms with E-state index in [1.54, 1.807) is 0 Å². The van der Waals surface area contributed by atoms with Crippen molar-refractivity contribution >= 4 is 11.6 Å². The molecule has 1 aromatic carbocycles. The second kappa shape index (κ2) is 8.67. The molecule has 4 nitrogen and oxygen atoms in total. The van der Waals surface area contributed by atoms with Crippen molar-refractivity contribution in [3.63, 3.8) is 0 Å². The van der Waals surface area contributed by atoms with Crippen LogP contribution in [0.15, 0.2) is 18.2 Å². The van der Waals surface area contributed by atoms with Crippen molar-refractivity contribution < 1.29 is 4.79 Å². The average Bonchev–Trinajstić information content (AvgIpc) is 2.43. The van der Waals surface area contributed by atoms with Crippen LogP contribution in [0.5, 0.6) is 0 Å². The first-order valence-electron chi connectivity index (χ1n) is 7.82. The van der Waals surface area contributed by atoms with Gasteiger partial charge in [0.1, 0.15) is 0 Å². The van der Waals surface area contributed by atoms with Gasteiger partial charge in [-0.15, -0.1) is 0 Å². The van der Waals surface area contributed by atoms with E-state index in [9.17, 15) is 4.79 Å². The Hall–Kier alpha value is -1.55. The quantitative estimate of drug-likeness (QED) is 0.773. The zero-order chi connectivity index (χ0) is 15.8. The summed E-state index contributed by atoms with van der Waals surface area (Å²) in [5, 5.41) is 6.32. The highest BCUT2D eigenvalue weighted by atomic mass is 16.2. The predicted octanol–water partition coefficient (Wildman–Crippen LogP) is 2.46. The lowest BCUT2D eigenvalue weighted by Crippen LogP contribution is -2.37. The van der Waals surface area contributed by atoms with Gasteiger partial charge in [0, 0.05) is 31.4 Å². The average molecular weight is 291 g/mol. The van der Waals surface area contributed by atoms with E-state index in [2.05, 4.69) is 61.4 Å². The smallest absolute Gasteiger partial charge is 0.239 e. The Kier molecular flexibility index (Phi) is 7.23. The lowest BCUT2D eigenvalue weighted by molar-refractivity contribution is -0.119.